The zero-order valence-corrected chi connectivity index (χ0v) is 47.4. The van der Waals surface area contributed by atoms with Crippen molar-refractivity contribution >= 4 is 35.1 Å². The first kappa shape index (κ1) is 69.1. The molecule has 16 nitrogen and oxygen atoms in total. The van der Waals surface area contributed by atoms with E-state index in [0.29, 0.717) is 54.7 Å². The van der Waals surface area contributed by atoms with E-state index in [1.165, 1.54) is 0 Å². The number of aliphatic hydroxyl groups is 2. The molecule has 2 saturated carbocycles. The van der Waals surface area contributed by atoms with E-state index in [-0.39, 0.29) is 105 Å². The molecular weight excluding hydrogens is 1020 g/mol. The zero-order valence-electron chi connectivity index (χ0n) is 46.7. The van der Waals surface area contributed by atoms with Crippen molar-refractivity contribution in [1.82, 2.24) is 0 Å². The lowest BCUT2D eigenvalue weighted by atomic mass is 9.85. The van der Waals surface area contributed by atoms with Crippen molar-refractivity contribution in [3.05, 3.63) is 68.6 Å². The van der Waals surface area contributed by atoms with Crippen molar-refractivity contribution in [3.8, 4) is 23.7 Å². The van der Waals surface area contributed by atoms with Crippen LogP contribution in [-0.2, 0) is 45.9 Å². The second kappa shape index (κ2) is 38.6. The van der Waals surface area contributed by atoms with E-state index in [4.69, 9.17) is 39.8 Å². The average Bonchev–Trinajstić information content (AvgIpc) is 4.08. The molecule has 0 bridgehead atoms. The van der Waals surface area contributed by atoms with E-state index in [1.807, 2.05) is 13.8 Å². The minimum absolute atomic E-state index is 0. The predicted octanol–water partition coefficient (Wildman–Crippen LogP) is 11.9. The maximum Gasteiger partial charge on any atom is 0.519 e. The summed E-state index contributed by atoms with van der Waals surface area (Å²) in [6.07, 6.45) is 22.1. The summed E-state index contributed by atoms with van der Waals surface area (Å²) in [5.41, 5.74) is 0. The first-order valence-electron chi connectivity index (χ1n) is 28.0. The molecule has 11 atom stereocenters. The zero-order chi connectivity index (χ0) is 56.7. The van der Waals surface area contributed by atoms with Crippen LogP contribution in [0.2, 0.25) is 0 Å². The number of carbonyl (C=O) groups excluding carboxylic acids is 3. The number of hydrogen-bond donors (Lipinski definition) is 3. The number of carbonyl (C=O) groups is 4. The van der Waals surface area contributed by atoms with Gasteiger partial charge in [-0.3, -0.25) is 19.2 Å². The summed E-state index contributed by atoms with van der Waals surface area (Å²) < 4.78 is 35.8. The van der Waals surface area contributed by atoms with Crippen LogP contribution in [0.3, 0.4) is 0 Å². The van der Waals surface area contributed by atoms with Crippen LogP contribution in [0.5, 0.6) is 0 Å². The Morgan fingerprint density at radius 1 is 0.731 bits per heavy atom. The number of hydrogen-bond acceptors (Lipinski definition) is 15. The van der Waals surface area contributed by atoms with Crippen LogP contribution in [0.25, 0.3) is 0 Å². The van der Waals surface area contributed by atoms with Crippen molar-refractivity contribution in [2.75, 3.05) is 6.61 Å². The van der Waals surface area contributed by atoms with Gasteiger partial charge in [-0.1, -0.05) is 105 Å². The predicted molar refractivity (Wildman–Crippen MR) is 298 cm³/mol. The van der Waals surface area contributed by atoms with Gasteiger partial charge in [0.2, 0.25) is 0 Å². The molecule has 5 rings (SSSR count). The average molecular weight is 1120 g/mol. The molecule has 2 aromatic rings. The number of Topliss-reactive ketones (excluding diaryl/α,β-unsaturated/α-hetero) is 2. The van der Waals surface area contributed by atoms with Crippen molar-refractivity contribution < 1.29 is 66.4 Å². The van der Waals surface area contributed by atoms with Gasteiger partial charge in [-0.15, -0.1) is 35.3 Å². The van der Waals surface area contributed by atoms with Gasteiger partial charge in [0.15, 0.2) is 30.2 Å². The molecular formula is C61H91ClO16. The Hall–Kier alpha value is -4.97. The third kappa shape index (κ3) is 25.9. The van der Waals surface area contributed by atoms with Gasteiger partial charge in [-0.25, -0.2) is 9.59 Å². The number of ether oxygens (including phenoxy) is 3. The lowest BCUT2D eigenvalue weighted by Gasteiger charge is -2.29. The SMILES string of the molecule is C.CCC#CC[C@H](C)[C@@H](/C=C/[C@H]1[C@H](C)CC(=O)[C@@H]1CCCCCCC(=O)O)OC1CCCCO1.CCC#CC[C@H](C)[C@H](O)/C=C/[C@H]1[C@H](O)CC(=O)[C@@H]1CCCCCCC(=O)OCc1oc(=O)oc1C.Cc1oc(=O)oc1CCl. The lowest BCUT2D eigenvalue weighted by Crippen LogP contribution is -2.30. The van der Waals surface area contributed by atoms with E-state index in [0.717, 1.165) is 96.5 Å². The summed E-state index contributed by atoms with van der Waals surface area (Å²) in [6.45, 7) is 14.2. The van der Waals surface area contributed by atoms with Crippen molar-refractivity contribution in [1.29, 1.82) is 0 Å². The molecule has 0 aromatic carbocycles. The van der Waals surface area contributed by atoms with Gasteiger partial charge < -0.3 is 47.2 Å². The third-order valence-electron chi connectivity index (χ3n) is 14.3. The standard InChI is InChI=1S/C28H44O5.C27H38O8.C5H5ClO3.CH4/c1-4-5-8-13-21(2)26(33-28-16-11-12-19-32-28)18-17-23-22(3)20-25(29)24(23)14-9-6-7-10-15-27(30)31;1-4-5-8-11-18(2)22(28)15-14-21-20(23(29)16-24(21)30)12-9-6-7-10-13-26(31)33-17-25-19(3)34-27(32)35-25;1-3-4(2-6)9-5(7)8-3;/h17-18,21-24,26,28H,4,6-7,9-16,19-20H2,1-3H3,(H,30,31);14-15,18,20-22,24,28,30H,4,6-7,9-13,16-17H2,1-3H3;2H2,1H3;1H4/b18-17+;15-14+;;/t21-,22+,23-,24+,26+,28?;18-,20+,21+,22+,24+;;/m00../s1. The van der Waals surface area contributed by atoms with Gasteiger partial charge in [0, 0.05) is 75.7 Å². The van der Waals surface area contributed by atoms with Gasteiger partial charge in [0.05, 0.1) is 24.2 Å². The fourth-order valence-corrected chi connectivity index (χ4v) is 9.92. The third-order valence-corrected chi connectivity index (χ3v) is 14.6. The molecule has 438 valence electrons. The molecule has 2 aromatic heterocycles. The van der Waals surface area contributed by atoms with Gasteiger partial charge >= 0.3 is 23.6 Å². The normalized spacial score (nSPS) is 22.4. The summed E-state index contributed by atoms with van der Waals surface area (Å²) in [6, 6.07) is 0. The summed E-state index contributed by atoms with van der Waals surface area (Å²) in [5.74, 6) is 12.2. The van der Waals surface area contributed by atoms with Crippen LogP contribution in [0.4, 0.5) is 0 Å². The fraction of sp³-hybridized carbons (Fsp3) is 0.705. The minimum Gasteiger partial charge on any atom is -0.481 e. The van der Waals surface area contributed by atoms with Gasteiger partial charge in [-0.2, -0.15) is 0 Å². The van der Waals surface area contributed by atoms with E-state index < -0.39 is 29.8 Å². The summed E-state index contributed by atoms with van der Waals surface area (Å²) >= 11 is 5.35. The van der Waals surface area contributed by atoms with Crippen molar-refractivity contribution in [3.63, 3.8) is 0 Å². The largest absolute Gasteiger partial charge is 0.519 e. The van der Waals surface area contributed by atoms with E-state index >= 15 is 0 Å². The van der Waals surface area contributed by atoms with Gasteiger partial charge in [0.1, 0.15) is 17.3 Å². The highest BCUT2D eigenvalue weighted by Gasteiger charge is 2.40. The second-order valence-corrected chi connectivity index (χ2v) is 20.9. The highest BCUT2D eigenvalue weighted by molar-refractivity contribution is 6.16. The number of carboxylic acid groups (broad SMARTS) is 1. The monoisotopic (exact) mass is 1110 g/mol. The quantitative estimate of drug-likeness (QED) is 0.0248. The number of rotatable bonds is 27. The molecule has 0 radical (unpaired) electrons. The number of carboxylic acids is 1. The van der Waals surface area contributed by atoms with Crippen LogP contribution >= 0.6 is 11.6 Å². The summed E-state index contributed by atoms with van der Waals surface area (Å²) in [5, 5.41) is 29.5. The van der Waals surface area contributed by atoms with Crippen LogP contribution in [0.1, 0.15) is 200 Å². The number of esters is 1. The highest BCUT2D eigenvalue weighted by Crippen LogP contribution is 2.39. The Morgan fingerprint density at radius 2 is 1.28 bits per heavy atom. The van der Waals surface area contributed by atoms with E-state index in [9.17, 15) is 39.0 Å². The lowest BCUT2D eigenvalue weighted by molar-refractivity contribution is -0.186. The number of unbranched alkanes of at least 4 members (excludes halogenated alkanes) is 6. The molecule has 1 saturated heterocycles. The van der Waals surface area contributed by atoms with Crippen LogP contribution in [0, 0.1) is 79.0 Å². The smallest absolute Gasteiger partial charge is 0.481 e. The molecule has 3 fully saturated rings. The van der Waals surface area contributed by atoms with Crippen LogP contribution in [-0.4, -0.2) is 70.0 Å². The number of ketones is 2. The molecule has 17 heteroatoms. The first-order chi connectivity index (χ1) is 36.9. The molecule has 3 heterocycles. The molecule has 78 heavy (non-hydrogen) atoms. The topological polar surface area (TPSA) is 243 Å². The number of halogens is 1. The molecule has 3 N–H and O–H groups in total. The highest BCUT2D eigenvalue weighted by atomic mass is 35.5. The number of aliphatic hydroxyl groups excluding tert-OH is 2. The van der Waals surface area contributed by atoms with Gasteiger partial charge in [-0.05, 0) is 82.5 Å². The molecule has 1 unspecified atom stereocenters. The summed E-state index contributed by atoms with van der Waals surface area (Å²) in [7, 11) is 0. The number of aliphatic carboxylic acids is 1. The summed E-state index contributed by atoms with van der Waals surface area (Å²) in [4.78, 5) is 68.9. The number of alkyl halides is 1. The second-order valence-electron chi connectivity index (χ2n) is 20.6. The van der Waals surface area contributed by atoms with Crippen LogP contribution in [0.15, 0.2) is 51.6 Å². The molecule has 0 spiro atoms. The maximum absolute atomic E-state index is 12.7. The molecule has 1 aliphatic heterocycles. The Kier molecular flexibility index (Phi) is 34.2. The molecule has 3 aliphatic rings. The number of allylic oxidation sites excluding steroid dienone is 1. The van der Waals surface area contributed by atoms with Crippen molar-refractivity contribution in [2.24, 2.45) is 41.4 Å². The Balaban J connectivity index is 0.000000454. The fourth-order valence-electron chi connectivity index (χ4n) is 9.67. The Labute approximate surface area is 467 Å². The van der Waals surface area contributed by atoms with Crippen molar-refractivity contribution in [2.45, 2.75) is 228 Å². The Bertz CT molecular complexity index is 2380. The minimum atomic E-state index is -0.817. The number of aryl methyl sites for hydroxylation is 2. The first-order valence-corrected chi connectivity index (χ1v) is 28.5. The van der Waals surface area contributed by atoms with E-state index in [2.05, 4.69) is 65.4 Å². The van der Waals surface area contributed by atoms with Gasteiger partial charge in [0.25, 0.3) is 0 Å². The van der Waals surface area contributed by atoms with E-state index in [1.54, 1.807) is 26.0 Å². The molecule has 2 aliphatic carbocycles. The Morgan fingerprint density at radius 3 is 1.82 bits per heavy atom. The van der Waals surface area contributed by atoms with Crippen LogP contribution < -0.4 is 11.6 Å². The molecule has 0 amide bonds. The maximum atomic E-state index is 12.7.